The van der Waals surface area contributed by atoms with Crippen molar-refractivity contribution in [2.75, 3.05) is 7.11 Å². The molecular formula is C19H20F3NO3. The fourth-order valence-electron chi connectivity index (χ4n) is 6.04. The largest absolute Gasteiger partial charge is 0.471 e. The van der Waals surface area contributed by atoms with Crippen LogP contribution in [-0.4, -0.2) is 35.6 Å². The summed E-state index contributed by atoms with van der Waals surface area (Å²) >= 11 is 0. The fraction of sp³-hybridized carbons (Fsp3) is 0.579. The number of halogens is 3. The summed E-state index contributed by atoms with van der Waals surface area (Å²) in [7, 11) is 1.17. The van der Waals surface area contributed by atoms with Gasteiger partial charge in [0.05, 0.1) is 13.2 Å². The molecule has 4 aliphatic rings. The van der Waals surface area contributed by atoms with E-state index in [4.69, 9.17) is 4.74 Å². The van der Waals surface area contributed by atoms with Gasteiger partial charge in [-0.25, -0.2) is 4.79 Å². The summed E-state index contributed by atoms with van der Waals surface area (Å²) in [6.45, 7) is 3.84. The van der Waals surface area contributed by atoms with E-state index in [0.717, 1.165) is 10.5 Å². The molecule has 5 rings (SSSR count). The molecule has 1 saturated heterocycles. The first kappa shape index (κ1) is 17.4. The van der Waals surface area contributed by atoms with E-state index in [9.17, 15) is 22.8 Å². The van der Waals surface area contributed by atoms with Gasteiger partial charge in [0.15, 0.2) is 0 Å². The van der Waals surface area contributed by atoms with Gasteiger partial charge < -0.3 is 9.64 Å². The van der Waals surface area contributed by atoms with Gasteiger partial charge in [0.2, 0.25) is 0 Å². The third kappa shape index (κ3) is 1.86. The highest BCUT2D eigenvalue weighted by molar-refractivity contribution is 5.93. The predicted molar refractivity (Wildman–Crippen MR) is 86.0 cm³/mol. The Bertz CT molecular complexity index is 792. The van der Waals surface area contributed by atoms with E-state index in [-0.39, 0.29) is 24.2 Å². The first-order valence-electron chi connectivity index (χ1n) is 8.74. The lowest BCUT2D eigenvalue weighted by Gasteiger charge is -2.59. The highest BCUT2D eigenvalue weighted by atomic mass is 19.4. The molecule has 1 amide bonds. The van der Waals surface area contributed by atoms with Gasteiger partial charge in [-0.15, -0.1) is 0 Å². The van der Waals surface area contributed by atoms with E-state index in [1.54, 1.807) is 12.1 Å². The zero-order valence-corrected chi connectivity index (χ0v) is 14.7. The van der Waals surface area contributed by atoms with E-state index >= 15 is 0 Å². The summed E-state index contributed by atoms with van der Waals surface area (Å²) in [6.07, 6.45) is -4.86. The average Bonchev–Trinajstić information content (AvgIpc) is 2.87. The summed E-state index contributed by atoms with van der Waals surface area (Å²) in [5, 5.41) is 0. The van der Waals surface area contributed by atoms with Crippen LogP contribution in [0.1, 0.15) is 43.4 Å². The molecule has 4 bridgehead atoms. The molecule has 140 valence electrons. The van der Waals surface area contributed by atoms with Crippen LogP contribution in [0.5, 0.6) is 0 Å². The first-order valence-corrected chi connectivity index (χ1v) is 8.74. The minimum Gasteiger partial charge on any atom is -0.467 e. The maximum Gasteiger partial charge on any atom is 0.471 e. The second-order valence-corrected chi connectivity index (χ2v) is 7.76. The maximum atomic E-state index is 13.5. The average molecular weight is 367 g/mol. The zero-order chi connectivity index (χ0) is 19.0. The number of methoxy groups -OCH3 is 1. The van der Waals surface area contributed by atoms with E-state index in [0.29, 0.717) is 5.56 Å². The van der Waals surface area contributed by atoms with Crippen molar-refractivity contribution < 1.29 is 27.5 Å². The molecule has 1 saturated carbocycles. The molecule has 26 heavy (non-hydrogen) atoms. The number of nitrogens with zero attached hydrogens (tertiary/aromatic N) is 1. The molecule has 0 radical (unpaired) electrons. The standard InChI is InChI=1S/C19H20F3NO3/c1-9-8-18(17(25)26-3)14-11-6-4-5-7-12(11)15(10(2)13(9)14)23(18)16(24)19(20,21)22/h4-7,9-10,13-15H,8H2,1-3H3. The molecule has 0 aromatic heterocycles. The summed E-state index contributed by atoms with van der Waals surface area (Å²) < 4.78 is 45.4. The Morgan fingerprint density at radius 3 is 2.38 bits per heavy atom. The Labute approximate surface area is 149 Å². The van der Waals surface area contributed by atoms with Crippen LogP contribution in [0.15, 0.2) is 24.3 Å². The number of carbonyl (C=O) groups is 2. The Morgan fingerprint density at radius 2 is 1.81 bits per heavy atom. The van der Waals surface area contributed by atoms with Crippen molar-refractivity contribution in [3.05, 3.63) is 35.4 Å². The SMILES string of the molecule is COC(=O)C12CC(C)C3C(C)C(c4ccccc4C31)N2C(=O)C(F)(F)F. The molecule has 1 aromatic rings. The number of ether oxygens (including phenoxy) is 1. The molecule has 1 aromatic carbocycles. The van der Waals surface area contributed by atoms with Crippen LogP contribution >= 0.6 is 0 Å². The minimum atomic E-state index is -5.05. The van der Waals surface area contributed by atoms with Gasteiger partial charge in [0, 0.05) is 5.92 Å². The van der Waals surface area contributed by atoms with Crippen LogP contribution in [0.3, 0.4) is 0 Å². The Hall–Kier alpha value is -2.05. The smallest absolute Gasteiger partial charge is 0.467 e. The van der Waals surface area contributed by atoms with E-state index < -0.39 is 35.6 Å². The lowest BCUT2D eigenvalue weighted by Crippen LogP contribution is -2.69. The van der Waals surface area contributed by atoms with Crippen molar-refractivity contribution >= 4 is 11.9 Å². The lowest BCUT2D eigenvalue weighted by atomic mass is 9.58. The van der Waals surface area contributed by atoms with Gasteiger partial charge in [-0.1, -0.05) is 38.1 Å². The van der Waals surface area contributed by atoms with Crippen molar-refractivity contribution in [1.82, 2.24) is 4.90 Å². The Morgan fingerprint density at radius 1 is 1.19 bits per heavy atom. The fourth-order valence-corrected chi connectivity index (χ4v) is 6.04. The monoisotopic (exact) mass is 367 g/mol. The molecule has 2 aliphatic heterocycles. The van der Waals surface area contributed by atoms with Gasteiger partial charge in [-0.3, -0.25) is 4.79 Å². The van der Waals surface area contributed by atoms with Crippen molar-refractivity contribution in [1.29, 1.82) is 0 Å². The van der Waals surface area contributed by atoms with Crippen LogP contribution in [0.2, 0.25) is 0 Å². The van der Waals surface area contributed by atoms with Crippen LogP contribution < -0.4 is 0 Å². The summed E-state index contributed by atoms with van der Waals surface area (Å²) in [4.78, 5) is 26.2. The highest BCUT2D eigenvalue weighted by Gasteiger charge is 2.73. The number of esters is 1. The molecule has 0 spiro atoms. The van der Waals surface area contributed by atoms with Crippen molar-refractivity contribution in [2.45, 2.75) is 43.9 Å². The van der Waals surface area contributed by atoms with Crippen LogP contribution in [0.4, 0.5) is 13.2 Å². The normalized spacial score (nSPS) is 37.5. The Kier molecular flexibility index (Phi) is 3.50. The summed E-state index contributed by atoms with van der Waals surface area (Å²) in [5.41, 5.74) is 0.00537. The highest BCUT2D eigenvalue weighted by Crippen LogP contribution is 2.69. The number of alkyl halides is 3. The van der Waals surface area contributed by atoms with Crippen LogP contribution in [0.25, 0.3) is 0 Å². The molecular weight excluding hydrogens is 347 g/mol. The molecule has 6 atom stereocenters. The molecule has 2 fully saturated rings. The van der Waals surface area contributed by atoms with Crippen LogP contribution in [0, 0.1) is 17.8 Å². The summed E-state index contributed by atoms with van der Waals surface area (Å²) in [5.74, 6) is -3.31. The molecule has 7 heteroatoms. The van der Waals surface area contributed by atoms with Gasteiger partial charge in [-0.05, 0) is 35.3 Å². The van der Waals surface area contributed by atoms with Gasteiger partial charge in [-0.2, -0.15) is 13.2 Å². The second-order valence-electron chi connectivity index (χ2n) is 7.76. The third-order valence-corrected chi connectivity index (χ3v) is 6.65. The second kappa shape index (κ2) is 5.24. The third-order valence-electron chi connectivity index (χ3n) is 6.65. The topological polar surface area (TPSA) is 46.6 Å². The van der Waals surface area contributed by atoms with Gasteiger partial charge in [0.25, 0.3) is 0 Å². The Balaban J connectivity index is 2.03. The van der Waals surface area contributed by atoms with Crippen molar-refractivity contribution in [3.8, 4) is 0 Å². The number of carbonyl (C=O) groups excluding carboxylic acids is 2. The van der Waals surface area contributed by atoms with Crippen molar-refractivity contribution in [3.63, 3.8) is 0 Å². The number of hydrogen-bond acceptors (Lipinski definition) is 3. The van der Waals surface area contributed by atoms with E-state index in [1.165, 1.54) is 7.11 Å². The molecule has 2 aliphatic carbocycles. The number of amides is 1. The molecule has 6 unspecified atom stereocenters. The van der Waals surface area contributed by atoms with Gasteiger partial charge >= 0.3 is 18.1 Å². The molecule has 2 heterocycles. The zero-order valence-electron chi connectivity index (χ0n) is 14.7. The number of hydrogen-bond donors (Lipinski definition) is 0. The van der Waals surface area contributed by atoms with Gasteiger partial charge in [0.1, 0.15) is 5.54 Å². The quantitative estimate of drug-likeness (QED) is 0.715. The minimum absolute atomic E-state index is 0.0102. The molecule has 0 N–H and O–H groups in total. The summed E-state index contributed by atoms with van der Waals surface area (Å²) in [6, 6.07) is 6.46. The molecule has 4 nitrogen and oxygen atoms in total. The van der Waals surface area contributed by atoms with Crippen LogP contribution in [-0.2, 0) is 14.3 Å². The number of piperidine rings is 1. The van der Waals surface area contributed by atoms with E-state index in [1.807, 2.05) is 26.0 Å². The number of benzene rings is 1. The first-order chi connectivity index (χ1) is 12.2. The predicted octanol–water partition coefficient (Wildman–Crippen LogP) is 3.43. The van der Waals surface area contributed by atoms with Crippen molar-refractivity contribution in [2.24, 2.45) is 17.8 Å². The number of rotatable bonds is 1. The van der Waals surface area contributed by atoms with E-state index in [2.05, 4.69) is 0 Å². The maximum absolute atomic E-state index is 13.5. The lowest BCUT2D eigenvalue weighted by molar-refractivity contribution is -0.208.